The Bertz CT molecular complexity index is 901. The second-order valence-corrected chi connectivity index (χ2v) is 7.76. The fraction of sp³-hybridized carbons (Fsp3) is 0.450. The van der Waals surface area contributed by atoms with Gasteiger partial charge < -0.3 is 15.3 Å². The van der Waals surface area contributed by atoms with Crippen molar-refractivity contribution in [2.75, 3.05) is 13.1 Å². The lowest BCUT2D eigenvalue weighted by atomic mass is 9.81. The summed E-state index contributed by atoms with van der Waals surface area (Å²) in [5, 5.41) is 16.6. The van der Waals surface area contributed by atoms with Crippen LogP contribution in [0.15, 0.2) is 36.7 Å². The maximum absolute atomic E-state index is 14.5. The largest absolute Gasteiger partial charge is 0.481 e. The Hall–Kier alpha value is -2.90. The number of hydrogen-bond donors (Lipinski definition) is 2. The SMILES string of the molecule is C[C@@H](NC(=O)N1C[C@@H]2CCC[C@@]2(C(=O)O)C1)c1ccc(-n2cccn2)c(F)c1. The number of carboxylic acids is 1. The predicted octanol–water partition coefficient (Wildman–Crippen LogP) is 2.97. The minimum Gasteiger partial charge on any atom is -0.481 e. The molecular formula is C20H23FN4O3. The Morgan fingerprint density at radius 2 is 2.25 bits per heavy atom. The van der Waals surface area contributed by atoms with Gasteiger partial charge in [-0.3, -0.25) is 4.79 Å². The number of rotatable bonds is 4. The van der Waals surface area contributed by atoms with Crippen LogP contribution in [0.3, 0.4) is 0 Å². The van der Waals surface area contributed by atoms with E-state index in [2.05, 4.69) is 10.4 Å². The molecule has 3 atom stereocenters. The Morgan fingerprint density at radius 1 is 1.43 bits per heavy atom. The monoisotopic (exact) mass is 386 g/mol. The Kier molecular flexibility index (Phi) is 4.56. The van der Waals surface area contributed by atoms with E-state index in [1.165, 1.54) is 10.7 Å². The average Bonchev–Trinajstić information content (AvgIpc) is 3.37. The van der Waals surface area contributed by atoms with E-state index in [-0.39, 0.29) is 18.5 Å². The first-order valence-corrected chi connectivity index (χ1v) is 9.49. The standard InChI is InChI=1S/C20H23FN4O3/c1-13(14-5-6-17(16(21)10-14)25-9-3-8-22-25)23-19(28)24-11-15-4-2-7-20(15,12-24)18(26)27/h3,5-6,8-10,13,15H,2,4,7,11-12H2,1H3,(H,23,28)(H,26,27)/t13-,15+,20-/m1/s1. The van der Waals surface area contributed by atoms with Gasteiger partial charge in [-0.15, -0.1) is 0 Å². The predicted molar refractivity (Wildman–Crippen MR) is 99.5 cm³/mol. The number of carboxylic acid groups (broad SMARTS) is 1. The molecule has 2 aromatic rings. The zero-order chi connectivity index (χ0) is 19.9. The molecule has 2 N–H and O–H groups in total. The number of likely N-dealkylation sites (tertiary alicyclic amines) is 1. The van der Waals surface area contributed by atoms with Gasteiger partial charge in [-0.1, -0.05) is 12.5 Å². The molecule has 4 rings (SSSR count). The van der Waals surface area contributed by atoms with Crippen LogP contribution in [-0.2, 0) is 4.79 Å². The first-order valence-electron chi connectivity index (χ1n) is 9.49. The van der Waals surface area contributed by atoms with Crippen molar-refractivity contribution in [1.82, 2.24) is 20.0 Å². The summed E-state index contributed by atoms with van der Waals surface area (Å²) in [6.45, 7) is 2.47. The molecular weight excluding hydrogens is 363 g/mol. The van der Waals surface area contributed by atoms with E-state index in [9.17, 15) is 19.1 Å². The van der Waals surface area contributed by atoms with Gasteiger partial charge in [0.05, 0.1) is 11.5 Å². The van der Waals surface area contributed by atoms with Crippen LogP contribution >= 0.6 is 0 Å². The van der Waals surface area contributed by atoms with Gasteiger partial charge in [-0.25, -0.2) is 13.9 Å². The zero-order valence-electron chi connectivity index (χ0n) is 15.6. The van der Waals surface area contributed by atoms with Crippen molar-refractivity contribution in [3.05, 3.63) is 48.0 Å². The normalized spacial score (nSPS) is 24.8. The second kappa shape index (κ2) is 6.92. The highest BCUT2D eigenvalue weighted by atomic mass is 19.1. The molecule has 1 aliphatic heterocycles. The number of aliphatic carboxylic acids is 1. The van der Waals surface area contributed by atoms with Crippen LogP contribution in [-0.4, -0.2) is 44.9 Å². The lowest BCUT2D eigenvalue weighted by Gasteiger charge is -2.24. The minimum absolute atomic E-state index is 0.0110. The van der Waals surface area contributed by atoms with Crippen LogP contribution in [0, 0.1) is 17.2 Å². The maximum atomic E-state index is 14.5. The van der Waals surface area contributed by atoms with Crippen molar-refractivity contribution in [3.8, 4) is 5.69 Å². The maximum Gasteiger partial charge on any atom is 0.317 e. The van der Waals surface area contributed by atoms with Crippen LogP contribution in [0.5, 0.6) is 0 Å². The third kappa shape index (κ3) is 3.02. The summed E-state index contributed by atoms with van der Waals surface area (Å²) in [6, 6.07) is 5.77. The van der Waals surface area contributed by atoms with Gasteiger partial charge in [0.1, 0.15) is 11.5 Å². The highest BCUT2D eigenvalue weighted by Crippen LogP contribution is 2.48. The van der Waals surface area contributed by atoms with Crippen molar-refractivity contribution in [1.29, 1.82) is 0 Å². The fourth-order valence-corrected chi connectivity index (χ4v) is 4.54. The van der Waals surface area contributed by atoms with Crippen LogP contribution in [0.25, 0.3) is 5.69 Å². The molecule has 2 fully saturated rings. The molecule has 2 aliphatic rings. The Balaban J connectivity index is 1.44. The van der Waals surface area contributed by atoms with Crippen molar-refractivity contribution in [3.63, 3.8) is 0 Å². The van der Waals surface area contributed by atoms with Gasteiger partial charge >= 0.3 is 12.0 Å². The molecule has 0 bridgehead atoms. The highest BCUT2D eigenvalue weighted by molar-refractivity contribution is 5.80. The van der Waals surface area contributed by atoms with Crippen molar-refractivity contribution in [2.24, 2.45) is 11.3 Å². The smallest absolute Gasteiger partial charge is 0.317 e. The fourth-order valence-electron chi connectivity index (χ4n) is 4.54. The van der Waals surface area contributed by atoms with Crippen LogP contribution < -0.4 is 5.32 Å². The molecule has 0 radical (unpaired) electrons. The van der Waals surface area contributed by atoms with Gasteiger partial charge in [0.25, 0.3) is 0 Å². The zero-order valence-corrected chi connectivity index (χ0v) is 15.6. The summed E-state index contributed by atoms with van der Waals surface area (Å²) in [5.74, 6) is -1.23. The number of fused-ring (bicyclic) bond motifs is 1. The summed E-state index contributed by atoms with van der Waals surface area (Å²) in [4.78, 5) is 26.0. The summed E-state index contributed by atoms with van der Waals surface area (Å²) < 4.78 is 15.9. The molecule has 2 amide bonds. The van der Waals surface area contributed by atoms with Gasteiger partial charge in [-0.2, -0.15) is 5.10 Å². The number of carbonyl (C=O) groups excluding carboxylic acids is 1. The summed E-state index contributed by atoms with van der Waals surface area (Å²) in [6.07, 6.45) is 5.58. The van der Waals surface area contributed by atoms with E-state index in [0.717, 1.165) is 12.8 Å². The number of carbonyl (C=O) groups is 2. The quantitative estimate of drug-likeness (QED) is 0.846. The lowest BCUT2D eigenvalue weighted by Crippen LogP contribution is -2.42. The van der Waals surface area contributed by atoms with Crippen LogP contribution in [0.1, 0.15) is 37.8 Å². The first kappa shape index (κ1) is 18.5. The first-order chi connectivity index (χ1) is 13.4. The van der Waals surface area contributed by atoms with Crippen molar-refractivity contribution in [2.45, 2.75) is 32.2 Å². The Labute approximate surface area is 162 Å². The molecule has 0 spiro atoms. The second-order valence-electron chi connectivity index (χ2n) is 7.76. The number of urea groups is 1. The van der Waals surface area contributed by atoms with Crippen LogP contribution in [0.2, 0.25) is 0 Å². The molecule has 1 saturated heterocycles. The van der Waals surface area contributed by atoms with Crippen molar-refractivity contribution < 1.29 is 19.1 Å². The minimum atomic E-state index is -0.811. The third-order valence-corrected chi connectivity index (χ3v) is 6.15. The Morgan fingerprint density at radius 3 is 2.89 bits per heavy atom. The number of benzene rings is 1. The van der Waals surface area contributed by atoms with E-state index in [4.69, 9.17) is 0 Å². The molecule has 0 unspecified atom stereocenters. The van der Waals surface area contributed by atoms with Crippen molar-refractivity contribution >= 4 is 12.0 Å². The molecule has 7 nitrogen and oxygen atoms in total. The highest BCUT2D eigenvalue weighted by Gasteiger charge is 2.55. The molecule has 2 heterocycles. The number of amides is 2. The number of nitrogens with zero attached hydrogens (tertiary/aromatic N) is 3. The molecule has 1 aromatic heterocycles. The van der Waals surface area contributed by atoms with E-state index >= 15 is 0 Å². The third-order valence-electron chi connectivity index (χ3n) is 6.15. The number of hydrogen-bond acceptors (Lipinski definition) is 3. The number of halogens is 1. The number of nitrogens with one attached hydrogen (secondary N) is 1. The van der Waals surface area contributed by atoms with E-state index in [1.807, 2.05) is 0 Å². The average molecular weight is 386 g/mol. The van der Waals surface area contributed by atoms with E-state index in [0.29, 0.717) is 24.2 Å². The van der Waals surface area contributed by atoms with Gasteiger partial charge in [0.15, 0.2) is 0 Å². The summed E-state index contributed by atoms with van der Waals surface area (Å²) in [7, 11) is 0. The molecule has 8 heteroatoms. The molecule has 1 aliphatic carbocycles. The lowest BCUT2D eigenvalue weighted by molar-refractivity contribution is -0.149. The van der Waals surface area contributed by atoms with E-state index < -0.39 is 23.2 Å². The molecule has 1 saturated carbocycles. The van der Waals surface area contributed by atoms with E-state index in [1.54, 1.807) is 42.4 Å². The summed E-state index contributed by atoms with van der Waals surface area (Å²) in [5.41, 5.74) is 0.162. The number of aromatic nitrogens is 2. The summed E-state index contributed by atoms with van der Waals surface area (Å²) >= 11 is 0. The molecule has 28 heavy (non-hydrogen) atoms. The van der Waals surface area contributed by atoms with Crippen LogP contribution in [0.4, 0.5) is 9.18 Å². The topological polar surface area (TPSA) is 87.5 Å². The van der Waals surface area contributed by atoms with Gasteiger partial charge in [-0.05, 0) is 49.4 Å². The molecule has 148 valence electrons. The molecule has 1 aromatic carbocycles. The van der Waals surface area contributed by atoms with Gasteiger partial charge in [0, 0.05) is 25.5 Å². The van der Waals surface area contributed by atoms with Gasteiger partial charge in [0.2, 0.25) is 0 Å².